The Morgan fingerprint density at radius 1 is 1.42 bits per heavy atom. The van der Waals surface area contributed by atoms with Gasteiger partial charge in [0.2, 0.25) is 0 Å². The summed E-state index contributed by atoms with van der Waals surface area (Å²) < 4.78 is 10.3. The predicted octanol–water partition coefficient (Wildman–Crippen LogP) is 1.37. The molecule has 0 saturated heterocycles. The highest BCUT2D eigenvalue weighted by atomic mass is 16.5. The zero-order valence-electron chi connectivity index (χ0n) is 10.6. The molecule has 3 N–H and O–H groups in total. The molecule has 0 aliphatic rings. The van der Waals surface area contributed by atoms with Crippen molar-refractivity contribution in [1.29, 1.82) is 0 Å². The van der Waals surface area contributed by atoms with Gasteiger partial charge in [0.25, 0.3) is 5.91 Å². The molecule has 0 aliphatic heterocycles. The molecule has 0 saturated carbocycles. The summed E-state index contributed by atoms with van der Waals surface area (Å²) in [6.07, 6.45) is 1.39. The van der Waals surface area contributed by atoms with Gasteiger partial charge in [-0.15, -0.1) is 0 Å². The first-order valence-electron chi connectivity index (χ1n) is 5.84. The highest BCUT2D eigenvalue weighted by Gasteiger charge is 2.11. The molecule has 0 spiro atoms. The van der Waals surface area contributed by atoms with Crippen LogP contribution >= 0.6 is 0 Å². The third kappa shape index (κ3) is 3.48. The van der Waals surface area contributed by atoms with Crippen molar-refractivity contribution in [2.75, 3.05) is 18.9 Å². The van der Waals surface area contributed by atoms with E-state index in [4.69, 9.17) is 15.0 Å². The summed E-state index contributed by atoms with van der Waals surface area (Å²) in [5.41, 5.74) is 6.68. The molecule has 6 heteroatoms. The molecule has 1 heterocycles. The lowest BCUT2D eigenvalue weighted by Crippen LogP contribution is -2.28. The molecular weight excluding hydrogens is 246 g/mol. The summed E-state index contributed by atoms with van der Waals surface area (Å²) in [6.45, 7) is 2.46. The van der Waals surface area contributed by atoms with Crippen molar-refractivity contribution in [3.8, 4) is 5.75 Å². The number of anilines is 1. The molecule has 1 aromatic heterocycles. The molecule has 2 rings (SSSR count). The average Bonchev–Trinajstić information content (AvgIpc) is 2.83. The van der Waals surface area contributed by atoms with E-state index >= 15 is 0 Å². The van der Waals surface area contributed by atoms with E-state index in [0.717, 1.165) is 0 Å². The van der Waals surface area contributed by atoms with Crippen molar-refractivity contribution >= 4 is 11.6 Å². The van der Waals surface area contributed by atoms with Crippen LogP contribution in [0.15, 0.2) is 35.0 Å². The molecule has 0 bridgehead atoms. The maximum Gasteiger partial charge on any atom is 0.256 e. The molecule has 2 aromatic rings. The Labute approximate surface area is 110 Å². The number of nitrogens with two attached hydrogens (primary N) is 1. The van der Waals surface area contributed by atoms with Gasteiger partial charge in [0.1, 0.15) is 23.7 Å². The van der Waals surface area contributed by atoms with Crippen LogP contribution in [0.1, 0.15) is 16.1 Å². The summed E-state index contributed by atoms with van der Waals surface area (Å²) in [5, 5.41) is 6.27. The van der Waals surface area contributed by atoms with Gasteiger partial charge in [0.15, 0.2) is 0 Å². The normalized spacial score (nSPS) is 10.2. The zero-order valence-corrected chi connectivity index (χ0v) is 10.6. The fourth-order valence-corrected chi connectivity index (χ4v) is 1.51. The standard InChI is InChI=1S/C13H15N3O3/c1-9-12(8-16-19-9)13(17)15-6-7-18-11-4-2-10(14)3-5-11/h2-5,8H,6-7,14H2,1H3,(H,15,17). The lowest BCUT2D eigenvalue weighted by atomic mass is 10.2. The van der Waals surface area contributed by atoms with Crippen LogP contribution in [0.25, 0.3) is 0 Å². The maximum atomic E-state index is 11.7. The van der Waals surface area contributed by atoms with Gasteiger partial charge >= 0.3 is 0 Å². The van der Waals surface area contributed by atoms with Crippen LogP contribution in [-0.4, -0.2) is 24.2 Å². The second kappa shape index (κ2) is 5.90. The number of carbonyl (C=O) groups excluding carboxylic acids is 1. The van der Waals surface area contributed by atoms with E-state index < -0.39 is 0 Å². The van der Waals surface area contributed by atoms with Crippen LogP contribution in [0.5, 0.6) is 5.75 Å². The van der Waals surface area contributed by atoms with Gasteiger partial charge in [-0.3, -0.25) is 4.79 Å². The summed E-state index contributed by atoms with van der Waals surface area (Å²) in [4.78, 5) is 11.7. The van der Waals surface area contributed by atoms with Crippen molar-refractivity contribution in [3.63, 3.8) is 0 Å². The van der Waals surface area contributed by atoms with E-state index in [1.165, 1.54) is 6.20 Å². The molecular formula is C13H15N3O3. The second-order valence-corrected chi connectivity index (χ2v) is 3.97. The van der Waals surface area contributed by atoms with Crippen LogP contribution in [0.3, 0.4) is 0 Å². The average molecular weight is 261 g/mol. The van der Waals surface area contributed by atoms with Crippen LogP contribution in [0.2, 0.25) is 0 Å². The Bertz CT molecular complexity index is 549. The van der Waals surface area contributed by atoms with Crippen molar-refractivity contribution in [2.45, 2.75) is 6.92 Å². The number of hydrogen-bond acceptors (Lipinski definition) is 5. The SMILES string of the molecule is Cc1oncc1C(=O)NCCOc1ccc(N)cc1. The summed E-state index contributed by atoms with van der Waals surface area (Å²) in [6, 6.07) is 7.07. The number of aryl methyl sites for hydroxylation is 1. The number of aromatic nitrogens is 1. The van der Waals surface area contributed by atoms with Crippen molar-refractivity contribution in [1.82, 2.24) is 10.5 Å². The number of carbonyl (C=O) groups is 1. The molecule has 1 amide bonds. The molecule has 6 nitrogen and oxygen atoms in total. The van der Waals surface area contributed by atoms with Crippen LogP contribution in [0, 0.1) is 6.92 Å². The molecule has 0 unspecified atom stereocenters. The predicted molar refractivity (Wildman–Crippen MR) is 69.9 cm³/mol. The topological polar surface area (TPSA) is 90.4 Å². The van der Waals surface area contributed by atoms with Gasteiger partial charge in [0, 0.05) is 5.69 Å². The van der Waals surface area contributed by atoms with E-state index in [9.17, 15) is 4.79 Å². The second-order valence-electron chi connectivity index (χ2n) is 3.97. The van der Waals surface area contributed by atoms with Crippen molar-refractivity contribution in [3.05, 3.63) is 41.8 Å². The number of nitrogens with one attached hydrogen (secondary N) is 1. The molecule has 0 radical (unpaired) electrons. The first kappa shape index (κ1) is 12.9. The smallest absolute Gasteiger partial charge is 0.256 e. The summed E-state index contributed by atoms with van der Waals surface area (Å²) in [7, 11) is 0. The monoisotopic (exact) mass is 261 g/mol. The minimum atomic E-state index is -0.223. The quantitative estimate of drug-likeness (QED) is 0.626. The lowest BCUT2D eigenvalue weighted by Gasteiger charge is -2.07. The number of hydrogen-bond donors (Lipinski definition) is 2. The van der Waals surface area contributed by atoms with Gasteiger partial charge in [-0.25, -0.2) is 0 Å². The first-order chi connectivity index (χ1) is 9.16. The number of nitrogens with zero attached hydrogens (tertiary/aromatic N) is 1. The van der Waals surface area contributed by atoms with Gasteiger partial charge < -0.3 is 20.3 Å². The third-order valence-corrected chi connectivity index (χ3v) is 2.53. The van der Waals surface area contributed by atoms with Crippen molar-refractivity contribution in [2.24, 2.45) is 0 Å². The summed E-state index contributed by atoms with van der Waals surface area (Å²) >= 11 is 0. The van der Waals surface area contributed by atoms with Gasteiger partial charge in [0.05, 0.1) is 12.7 Å². The first-order valence-corrected chi connectivity index (χ1v) is 5.84. The van der Waals surface area contributed by atoms with E-state index in [0.29, 0.717) is 35.9 Å². The fraction of sp³-hybridized carbons (Fsp3) is 0.231. The van der Waals surface area contributed by atoms with E-state index in [-0.39, 0.29) is 5.91 Å². The van der Waals surface area contributed by atoms with E-state index in [2.05, 4.69) is 10.5 Å². The number of rotatable bonds is 5. The Morgan fingerprint density at radius 2 is 2.16 bits per heavy atom. The fourth-order valence-electron chi connectivity index (χ4n) is 1.51. The molecule has 0 fully saturated rings. The van der Waals surface area contributed by atoms with Gasteiger partial charge in [-0.1, -0.05) is 5.16 Å². The number of nitrogen functional groups attached to an aromatic ring is 1. The van der Waals surface area contributed by atoms with Crippen LogP contribution in [0.4, 0.5) is 5.69 Å². The zero-order chi connectivity index (χ0) is 13.7. The maximum absolute atomic E-state index is 11.7. The van der Waals surface area contributed by atoms with E-state index in [1.54, 1.807) is 31.2 Å². The third-order valence-electron chi connectivity index (χ3n) is 2.53. The van der Waals surface area contributed by atoms with Gasteiger partial charge in [-0.2, -0.15) is 0 Å². The van der Waals surface area contributed by atoms with Crippen LogP contribution < -0.4 is 15.8 Å². The van der Waals surface area contributed by atoms with Gasteiger partial charge in [-0.05, 0) is 31.2 Å². The van der Waals surface area contributed by atoms with E-state index in [1.807, 2.05) is 0 Å². The molecule has 19 heavy (non-hydrogen) atoms. The Kier molecular flexibility index (Phi) is 4.02. The lowest BCUT2D eigenvalue weighted by molar-refractivity contribution is 0.0945. The Balaban J connectivity index is 1.74. The molecule has 1 aromatic carbocycles. The highest BCUT2D eigenvalue weighted by Crippen LogP contribution is 2.12. The highest BCUT2D eigenvalue weighted by molar-refractivity contribution is 5.94. The Hall–Kier alpha value is -2.50. The largest absolute Gasteiger partial charge is 0.492 e. The Morgan fingerprint density at radius 3 is 2.79 bits per heavy atom. The molecule has 0 atom stereocenters. The minimum absolute atomic E-state index is 0.223. The van der Waals surface area contributed by atoms with Crippen molar-refractivity contribution < 1.29 is 14.1 Å². The molecule has 100 valence electrons. The number of ether oxygens (including phenoxy) is 1. The number of benzene rings is 1. The minimum Gasteiger partial charge on any atom is -0.492 e. The molecule has 0 aliphatic carbocycles. The summed E-state index contributed by atoms with van der Waals surface area (Å²) in [5.74, 6) is 0.987. The number of amides is 1. The van der Waals surface area contributed by atoms with Crippen LogP contribution in [-0.2, 0) is 0 Å².